The van der Waals surface area contributed by atoms with E-state index in [1.165, 1.54) is 13.2 Å². The van der Waals surface area contributed by atoms with Gasteiger partial charge in [-0.1, -0.05) is 30.7 Å². The quantitative estimate of drug-likeness (QED) is 0.619. The van der Waals surface area contributed by atoms with Crippen molar-refractivity contribution in [3.63, 3.8) is 0 Å². The van der Waals surface area contributed by atoms with Gasteiger partial charge in [0.2, 0.25) is 0 Å². The van der Waals surface area contributed by atoms with Crippen LogP contribution in [0, 0.1) is 5.92 Å². The summed E-state index contributed by atoms with van der Waals surface area (Å²) in [7, 11) is 1.47. The van der Waals surface area contributed by atoms with Crippen molar-refractivity contribution in [2.45, 2.75) is 44.8 Å². The third-order valence-corrected chi connectivity index (χ3v) is 6.49. The molecule has 2 aliphatic rings. The highest BCUT2D eigenvalue weighted by atomic mass is 35.5. The van der Waals surface area contributed by atoms with Crippen LogP contribution in [-0.2, 0) is 11.4 Å². The third-order valence-electron chi connectivity index (χ3n) is 6.24. The van der Waals surface area contributed by atoms with Gasteiger partial charge in [0, 0.05) is 10.6 Å². The van der Waals surface area contributed by atoms with Gasteiger partial charge in [-0.15, -0.1) is 0 Å². The number of carbonyl (C=O) groups is 3. The van der Waals surface area contributed by atoms with Crippen molar-refractivity contribution < 1.29 is 23.9 Å². The second kappa shape index (κ2) is 9.31. The topological polar surface area (TPSA) is 97.0 Å². The van der Waals surface area contributed by atoms with Gasteiger partial charge in [-0.25, -0.2) is 4.79 Å². The summed E-state index contributed by atoms with van der Waals surface area (Å²) in [6.45, 7) is 2.42. The number of amides is 4. The summed E-state index contributed by atoms with van der Waals surface area (Å²) in [6, 6.07) is 11.3. The number of halogens is 1. The minimum Gasteiger partial charge on any atom is -0.493 e. The monoisotopic (exact) mass is 471 g/mol. The molecule has 1 heterocycles. The average Bonchev–Trinajstić information content (AvgIpc) is 3.04. The second-order valence-corrected chi connectivity index (χ2v) is 8.99. The van der Waals surface area contributed by atoms with Crippen LogP contribution < -0.4 is 20.2 Å². The van der Waals surface area contributed by atoms with E-state index in [1.54, 1.807) is 24.3 Å². The van der Waals surface area contributed by atoms with Gasteiger partial charge in [-0.05, 0) is 67.5 Å². The highest BCUT2D eigenvalue weighted by molar-refractivity contribution is 6.30. The average molecular weight is 472 g/mol. The van der Waals surface area contributed by atoms with Gasteiger partial charge < -0.3 is 14.8 Å². The fourth-order valence-electron chi connectivity index (χ4n) is 4.15. The summed E-state index contributed by atoms with van der Waals surface area (Å²) in [5.41, 5.74) is 2.66. The number of methoxy groups -OCH3 is 1. The van der Waals surface area contributed by atoms with Crippen LogP contribution in [0.1, 0.15) is 48.5 Å². The Labute approximate surface area is 197 Å². The number of rotatable bonds is 6. The zero-order chi connectivity index (χ0) is 23.6. The molecule has 2 aromatic rings. The van der Waals surface area contributed by atoms with Crippen LogP contribution in [0.2, 0.25) is 5.02 Å². The molecule has 0 unspecified atom stereocenters. The molecule has 0 radical (unpaired) electrons. The highest BCUT2D eigenvalue weighted by Gasteiger charge is 2.52. The predicted molar refractivity (Wildman–Crippen MR) is 122 cm³/mol. The number of urea groups is 1. The van der Waals surface area contributed by atoms with Crippen LogP contribution in [0.5, 0.6) is 11.5 Å². The van der Waals surface area contributed by atoms with Crippen molar-refractivity contribution in [2.24, 2.45) is 5.92 Å². The zero-order valence-electron chi connectivity index (χ0n) is 18.5. The van der Waals surface area contributed by atoms with Gasteiger partial charge in [-0.2, -0.15) is 5.01 Å². The summed E-state index contributed by atoms with van der Waals surface area (Å²) in [5.74, 6) is 0.308. The predicted octanol–water partition coefficient (Wildman–Crippen LogP) is 4.07. The van der Waals surface area contributed by atoms with E-state index < -0.39 is 23.4 Å². The van der Waals surface area contributed by atoms with E-state index in [0.717, 1.165) is 23.4 Å². The van der Waals surface area contributed by atoms with Gasteiger partial charge in [-0.3, -0.25) is 15.0 Å². The Morgan fingerprint density at radius 2 is 1.85 bits per heavy atom. The number of nitrogens with one attached hydrogen (secondary N) is 2. The van der Waals surface area contributed by atoms with Crippen LogP contribution in [-0.4, -0.2) is 35.5 Å². The molecule has 174 valence electrons. The fourth-order valence-corrected chi connectivity index (χ4v) is 4.28. The van der Waals surface area contributed by atoms with Gasteiger partial charge in [0.15, 0.2) is 11.5 Å². The van der Waals surface area contributed by atoms with Gasteiger partial charge in [0.05, 0.1) is 7.11 Å². The highest BCUT2D eigenvalue weighted by Crippen LogP contribution is 2.36. The Kier molecular flexibility index (Phi) is 6.47. The fraction of sp³-hybridized carbons (Fsp3) is 0.375. The number of nitrogens with zero attached hydrogens (tertiary/aromatic N) is 1. The molecule has 0 atom stereocenters. The van der Waals surface area contributed by atoms with E-state index in [0.29, 0.717) is 41.9 Å². The Balaban J connectivity index is 1.43. The lowest BCUT2D eigenvalue weighted by molar-refractivity contribution is -0.134. The summed E-state index contributed by atoms with van der Waals surface area (Å²) in [5, 5.41) is 4.21. The molecule has 4 rings (SSSR count). The number of carbonyl (C=O) groups excluding carboxylic acids is 3. The maximum absolute atomic E-state index is 13.0. The first kappa shape index (κ1) is 22.9. The Hall–Kier alpha value is -3.26. The van der Waals surface area contributed by atoms with E-state index in [2.05, 4.69) is 17.7 Å². The maximum Gasteiger partial charge on any atom is 0.344 e. The molecule has 0 bridgehead atoms. The van der Waals surface area contributed by atoms with Crippen LogP contribution in [0.3, 0.4) is 0 Å². The van der Waals surface area contributed by atoms with Crippen molar-refractivity contribution in [1.29, 1.82) is 0 Å². The number of hydrogen-bond donors (Lipinski definition) is 2. The molecule has 1 aliphatic heterocycles. The number of benzene rings is 2. The summed E-state index contributed by atoms with van der Waals surface area (Å²) < 4.78 is 11.2. The molecule has 1 saturated heterocycles. The van der Waals surface area contributed by atoms with E-state index in [-0.39, 0.29) is 5.56 Å². The first-order valence-electron chi connectivity index (χ1n) is 10.8. The molecule has 1 aliphatic carbocycles. The van der Waals surface area contributed by atoms with Crippen LogP contribution in [0.4, 0.5) is 4.79 Å². The summed E-state index contributed by atoms with van der Waals surface area (Å²) in [4.78, 5) is 38.2. The molecular weight excluding hydrogens is 446 g/mol. The summed E-state index contributed by atoms with van der Waals surface area (Å²) >= 11 is 5.90. The van der Waals surface area contributed by atoms with Crippen LogP contribution >= 0.6 is 11.6 Å². The number of hydrazine groups is 1. The second-order valence-electron chi connectivity index (χ2n) is 8.56. The third kappa shape index (κ3) is 4.75. The first-order valence-corrected chi connectivity index (χ1v) is 11.2. The van der Waals surface area contributed by atoms with E-state index >= 15 is 0 Å². The number of ether oxygens (including phenoxy) is 2. The standard InChI is InChI=1S/C24H26ClN3O5/c1-15-9-11-24(12-10-15)22(30)28(23(31)26-24)27-21(29)17-5-8-19(20(13-17)32-2)33-14-16-3-6-18(25)7-4-16/h3-8,13,15H,9-12,14H2,1-2H3,(H,26,31)(H,27,29). The first-order chi connectivity index (χ1) is 15.8. The van der Waals surface area contributed by atoms with E-state index in [1.807, 2.05) is 12.1 Å². The minimum absolute atomic E-state index is 0.226. The van der Waals surface area contributed by atoms with Crippen molar-refractivity contribution in [1.82, 2.24) is 15.8 Å². The smallest absolute Gasteiger partial charge is 0.344 e. The molecule has 1 saturated carbocycles. The van der Waals surface area contributed by atoms with E-state index in [9.17, 15) is 14.4 Å². The van der Waals surface area contributed by atoms with Crippen molar-refractivity contribution >= 4 is 29.4 Å². The van der Waals surface area contributed by atoms with Crippen molar-refractivity contribution in [3.8, 4) is 11.5 Å². The van der Waals surface area contributed by atoms with Gasteiger partial charge in [0.25, 0.3) is 11.8 Å². The number of hydrogen-bond acceptors (Lipinski definition) is 5. The SMILES string of the molecule is COc1cc(C(=O)NN2C(=O)NC3(CCC(C)CC3)C2=O)ccc1OCc1ccc(Cl)cc1. The lowest BCUT2D eigenvalue weighted by Crippen LogP contribution is -2.51. The zero-order valence-corrected chi connectivity index (χ0v) is 19.3. The lowest BCUT2D eigenvalue weighted by Gasteiger charge is -2.33. The molecule has 1 spiro atoms. The minimum atomic E-state index is -0.923. The molecule has 9 heteroatoms. The Morgan fingerprint density at radius 3 is 2.52 bits per heavy atom. The number of imide groups is 1. The largest absolute Gasteiger partial charge is 0.493 e. The lowest BCUT2D eigenvalue weighted by atomic mass is 9.77. The normalized spacial score (nSPS) is 22.3. The molecule has 8 nitrogen and oxygen atoms in total. The molecule has 2 aromatic carbocycles. The Bertz CT molecular complexity index is 1060. The summed E-state index contributed by atoms with van der Waals surface area (Å²) in [6.07, 6.45) is 2.84. The van der Waals surface area contributed by atoms with Crippen LogP contribution in [0.15, 0.2) is 42.5 Å². The molecular formula is C24H26ClN3O5. The molecule has 33 heavy (non-hydrogen) atoms. The molecule has 2 fully saturated rings. The van der Waals surface area contributed by atoms with Gasteiger partial charge in [0.1, 0.15) is 12.1 Å². The van der Waals surface area contributed by atoms with Crippen molar-refractivity contribution in [2.75, 3.05) is 7.11 Å². The molecule has 4 amide bonds. The van der Waals surface area contributed by atoms with Gasteiger partial charge >= 0.3 is 6.03 Å². The van der Waals surface area contributed by atoms with E-state index in [4.69, 9.17) is 21.1 Å². The maximum atomic E-state index is 13.0. The van der Waals surface area contributed by atoms with Crippen molar-refractivity contribution in [3.05, 3.63) is 58.6 Å². The Morgan fingerprint density at radius 1 is 1.15 bits per heavy atom. The molecule has 0 aromatic heterocycles. The van der Waals surface area contributed by atoms with Crippen LogP contribution in [0.25, 0.3) is 0 Å². The molecule has 2 N–H and O–H groups in total.